The lowest BCUT2D eigenvalue weighted by atomic mass is 9.98. The third-order valence-electron chi connectivity index (χ3n) is 3.09. The second kappa shape index (κ2) is 6.49. The standard InChI is InChI=1S/C15H17N3O2S/c1-18(2)15(20)11(8-10-6-4-3-5-7-10)14-17-9-12(21-14)13(16)19/h3-7,9,11H,8H2,1-2H3,(H2,16,19)/t11-/m1/s1. The fourth-order valence-electron chi connectivity index (χ4n) is 2.00. The first-order valence-electron chi connectivity index (χ1n) is 6.49. The summed E-state index contributed by atoms with van der Waals surface area (Å²) < 4.78 is 0. The van der Waals surface area contributed by atoms with Crippen LogP contribution in [-0.2, 0) is 11.2 Å². The maximum absolute atomic E-state index is 12.4. The number of amides is 2. The first kappa shape index (κ1) is 15.2. The summed E-state index contributed by atoms with van der Waals surface area (Å²) in [6, 6.07) is 9.74. The molecule has 0 fully saturated rings. The number of hydrogen-bond donors (Lipinski definition) is 1. The van der Waals surface area contributed by atoms with Gasteiger partial charge in [0.05, 0.1) is 12.1 Å². The van der Waals surface area contributed by atoms with E-state index < -0.39 is 11.8 Å². The molecule has 1 heterocycles. The maximum atomic E-state index is 12.4. The molecule has 6 heteroatoms. The van der Waals surface area contributed by atoms with Gasteiger partial charge in [-0.1, -0.05) is 30.3 Å². The predicted octanol–water partition coefficient (Wildman–Crippen LogP) is 1.66. The van der Waals surface area contributed by atoms with Gasteiger partial charge in [-0.2, -0.15) is 0 Å². The molecule has 0 aliphatic carbocycles. The summed E-state index contributed by atoms with van der Waals surface area (Å²) in [7, 11) is 3.42. The van der Waals surface area contributed by atoms with Crippen molar-refractivity contribution < 1.29 is 9.59 Å². The Kier molecular flexibility index (Phi) is 4.70. The SMILES string of the molecule is CN(C)C(=O)[C@H](Cc1ccccc1)c1ncc(C(N)=O)s1. The Labute approximate surface area is 127 Å². The van der Waals surface area contributed by atoms with Crippen LogP contribution in [0.1, 0.15) is 26.2 Å². The Hall–Kier alpha value is -2.21. The van der Waals surface area contributed by atoms with E-state index in [9.17, 15) is 9.59 Å². The van der Waals surface area contributed by atoms with Crippen LogP contribution in [0.3, 0.4) is 0 Å². The topological polar surface area (TPSA) is 76.3 Å². The predicted molar refractivity (Wildman–Crippen MR) is 82.2 cm³/mol. The van der Waals surface area contributed by atoms with Crippen molar-refractivity contribution in [2.24, 2.45) is 5.73 Å². The van der Waals surface area contributed by atoms with E-state index in [-0.39, 0.29) is 5.91 Å². The Morgan fingerprint density at radius 3 is 2.48 bits per heavy atom. The summed E-state index contributed by atoms with van der Waals surface area (Å²) in [4.78, 5) is 29.7. The van der Waals surface area contributed by atoms with Gasteiger partial charge in [0, 0.05) is 14.1 Å². The highest BCUT2D eigenvalue weighted by Crippen LogP contribution is 2.27. The van der Waals surface area contributed by atoms with Crippen LogP contribution >= 0.6 is 11.3 Å². The lowest BCUT2D eigenvalue weighted by Gasteiger charge is -2.18. The van der Waals surface area contributed by atoms with Crippen molar-refractivity contribution in [1.29, 1.82) is 0 Å². The van der Waals surface area contributed by atoms with E-state index in [4.69, 9.17) is 5.73 Å². The van der Waals surface area contributed by atoms with Gasteiger partial charge in [0.15, 0.2) is 0 Å². The van der Waals surface area contributed by atoms with E-state index >= 15 is 0 Å². The molecule has 1 aromatic heterocycles. The summed E-state index contributed by atoms with van der Waals surface area (Å²) in [6.45, 7) is 0. The molecule has 0 spiro atoms. The largest absolute Gasteiger partial charge is 0.365 e. The van der Waals surface area contributed by atoms with Gasteiger partial charge in [-0.05, 0) is 12.0 Å². The average molecular weight is 303 g/mol. The molecule has 2 amide bonds. The number of rotatable bonds is 5. The van der Waals surface area contributed by atoms with Gasteiger partial charge in [0.2, 0.25) is 5.91 Å². The van der Waals surface area contributed by atoms with Gasteiger partial charge in [0.1, 0.15) is 9.88 Å². The van der Waals surface area contributed by atoms with E-state index in [1.807, 2.05) is 30.3 Å². The van der Waals surface area contributed by atoms with Crippen molar-refractivity contribution in [2.75, 3.05) is 14.1 Å². The number of thiazole rings is 1. The number of carbonyl (C=O) groups is 2. The number of hydrogen-bond acceptors (Lipinski definition) is 4. The Morgan fingerprint density at radius 2 is 1.95 bits per heavy atom. The molecule has 1 aromatic carbocycles. The van der Waals surface area contributed by atoms with Gasteiger partial charge >= 0.3 is 0 Å². The molecule has 0 unspecified atom stereocenters. The molecule has 5 nitrogen and oxygen atoms in total. The first-order chi connectivity index (χ1) is 9.99. The molecule has 110 valence electrons. The summed E-state index contributed by atoms with van der Waals surface area (Å²) in [5.74, 6) is -0.959. The number of nitrogens with zero attached hydrogens (tertiary/aromatic N) is 2. The molecule has 0 saturated carbocycles. The third kappa shape index (κ3) is 3.66. The minimum absolute atomic E-state index is 0.0378. The highest BCUT2D eigenvalue weighted by Gasteiger charge is 2.26. The van der Waals surface area contributed by atoms with Gasteiger partial charge in [-0.25, -0.2) is 4.98 Å². The molecule has 0 bridgehead atoms. The van der Waals surface area contributed by atoms with Crippen molar-refractivity contribution in [2.45, 2.75) is 12.3 Å². The monoisotopic (exact) mass is 303 g/mol. The van der Waals surface area contributed by atoms with E-state index in [1.165, 1.54) is 17.5 Å². The Morgan fingerprint density at radius 1 is 1.29 bits per heavy atom. The molecule has 2 rings (SSSR count). The fourth-order valence-corrected chi connectivity index (χ4v) is 2.87. The van der Waals surface area contributed by atoms with Crippen LogP contribution in [-0.4, -0.2) is 35.8 Å². The molecule has 2 aromatic rings. The number of primary amides is 1. The molecule has 1 atom stereocenters. The summed E-state index contributed by atoms with van der Waals surface area (Å²) >= 11 is 1.18. The van der Waals surface area contributed by atoms with Crippen molar-refractivity contribution in [1.82, 2.24) is 9.88 Å². The smallest absolute Gasteiger partial charge is 0.260 e. The van der Waals surface area contributed by atoms with Crippen LogP contribution in [0.25, 0.3) is 0 Å². The first-order valence-corrected chi connectivity index (χ1v) is 7.31. The summed E-state index contributed by atoms with van der Waals surface area (Å²) in [5.41, 5.74) is 6.30. The summed E-state index contributed by atoms with van der Waals surface area (Å²) in [6.07, 6.45) is 1.98. The zero-order valence-corrected chi connectivity index (χ0v) is 12.8. The zero-order chi connectivity index (χ0) is 15.4. The van der Waals surface area contributed by atoms with Gasteiger partial charge in [0.25, 0.3) is 5.91 Å². The lowest BCUT2D eigenvalue weighted by Crippen LogP contribution is -2.29. The van der Waals surface area contributed by atoms with Crippen molar-refractivity contribution >= 4 is 23.2 Å². The maximum Gasteiger partial charge on any atom is 0.260 e. The second-order valence-corrected chi connectivity index (χ2v) is 5.96. The van der Waals surface area contributed by atoms with Crippen LogP contribution in [0.4, 0.5) is 0 Å². The van der Waals surface area contributed by atoms with Crippen molar-refractivity contribution in [3.8, 4) is 0 Å². The number of carbonyl (C=O) groups excluding carboxylic acids is 2. The van der Waals surface area contributed by atoms with E-state index in [2.05, 4.69) is 4.98 Å². The molecule has 0 saturated heterocycles. The quantitative estimate of drug-likeness (QED) is 0.912. The number of nitrogens with two attached hydrogens (primary N) is 1. The Balaban J connectivity index is 2.31. The van der Waals surface area contributed by atoms with Gasteiger partial charge in [-0.15, -0.1) is 11.3 Å². The lowest BCUT2D eigenvalue weighted by molar-refractivity contribution is -0.130. The molecule has 2 N–H and O–H groups in total. The van der Waals surface area contributed by atoms with Crippen LogP contribution in [0.15, 0.2) is 36.5 Å². The minimum atomic E-state index is -0.519. The van der Waals surface area contributed by atoms with Crippen LogP contribution in [0.5, 0.6) is 0 Å². The van der Waals surface area contributed by atoms with E-state index in [0.717, 1.165) is 5.56 Å². The number of aromatic nitrogens is 1. The van der Waals surface area contributed by atoms with Crippen LogP contribution in [0, 0.1) is 0 Å². The number of likely N-dealkylation sites (N-methyl/N-ethyl adjacent to an activating group) is 1. The van der Waals surface area contributed by atoms with E-state index in [1.54, 1.807) is 19.0 Å². The molecule has 0 aliphatic heterocycles. The molecular formula is C15H17N3O2S. The average Bonchev–Trinajstić information content (AvgIpc) is 2.95. The van der Waals surface area contributed by atoms with Crippen molar-refractivity contribution in [3.05, 3.63) is 52.0 Å². The zero-order valence-electron chi connectivity index (χ0n) is 11.9. The van der Waals surface area contributed by atoms with Crippen molar-refractivity contribution in [3.63, 3.8) is 0 Å². The van der Waals surface area contributed by atoms with E-state index in [0.29, 0.717) is 16.3 Å². The molecular weight excluding hydrogens is 286 g/mol. The molecule has 21 heavy (non-hydrogen) atoms. The minimum Gasteiger partial charge on any atom is -0.365 e. The van der Waals surface area contributed by atoms with Crippen LogP contribution < -0.4 is 5.73 Å². The second-order valence-electron chi connectivity index (χ2n) is 4.90. The normalized spacial score (nSPS) is 11.9. The molecule has 0 aliphatic rings. The molecule has 0 radical (unpaired) electrons. The van der Waals surface area contributed by atoms with Gasteiger partial charge < -0.3 is 10.6 Å². The summed E-state index contributed by atoms with van der Waals surface area (Å²) in [5, 5.41) is 0.617. The Bertz CT molecular complexity index is 637. The number of benzene rings is 1. The third-order valence-corrected chi connectivity index (χ3v) is 4.21. The highest BCUT2D eigenvalue weighted by molar-refractivity contribution is 7.13. The fraction of sp³-hybridized carbons (Fsp3) is 0.267. The highest BCUT2D eigenvalue weighted by atomic mass is 32.1. The van der Waals surface area contributed by atoms with Crippen LogP contribution in [0.2, 0.25) is 0 Å². The van der Waals surface area contributed by atoms with Gasteiger partial charge in [-0.3, -0.25) is 9.59 Å².